The van der Waals surface area contributed by atoms with Gasteiger partial charge in [-0.15, -0.1) is 0 Å². The zero-order valence-corrected chi connectivity index (χ0v) is 8.40. The van der Waals surface area contributed by atoms with Crippen molar-refractivity contribution in [1.29, 1.82) is 0 Å². The van der Waals surface area contributed by atoms with Gasteiger partial charge in [-0.05, 0) is 20.8 Å². The number of aromatic nitrogens is 2. The lowest BCUT2D eigenvalue weighted by Gasteiger charge is -2.11. The van der Waals surface area contributed by atoms with Crippen LogP contribution in [0.2, 0.25) is 0 Å². The number of nitrogens with one attached hydrogen (secondary N) is 1. The van der Waals surface area contributed by atoms with Gasteiger partial charge >= 0.3 is 5.97 Å². The highest BCUT2D eigenvalue weighted by molar-refractivity contribution is 5.76. The van der Waals surface area contributed by atoms with E-state index in [4.69, 9.17) is 5.11 Å². The van der Waals surface area contributed by atoms with Crippen molar-refractivity contribution in [2.75, 3.05) is 5.32 Å². The fourth-order valence-electron chi connectivity index (χ4n) is 0.941. The van der Waals surface area contributed by atoms with E-state index in [0.29, 0.717) is 11.5 Å². The highest BCUT2D eigenvalue weighted by Gasteiger charge is 2.12. The minimum absolute atomic E-state index is 0.528. The second-order valence-corrected chi connectivity index (χ2v) is 3.15. The summed E-state index contributed by atoms with van der Waals surface area (Å²) >= 11 is 0. The molecule has 1 unspecified atom stereocenters. The van der Waals surface area contributed by atoms with Gasteiger partial charge in [0.25, 0.3) is 0 Å². The molecule has 0 amide bonds. The molecular formula is C9H13N3O2. The Morgan fingerprint density at radius 1 is 1.57 bits per heavy atom. The lowest BCUT2D eigenvalue weighted by atomic mass is 10.3. The molecule has 0 radical (unpaired) electrons. The van der Waals surface area contributed by atoms with E-state index in [1.807, 2.05) is 6.92 Å². The first-order valence-electron chi connectivity index (χ1n) is 4.30. The zero-order valence-electron chi connectivity index (χ0n) is 8.40. The maximum absolute atomic E-state index is 10.6. The Hall–Kier alpha value is -1.65. The minimum atomic E-state index is -0.910. The average Bonchev–Trinajstić information content (AvgIpc) is 2.11. The third kappa shape index (κ3) is 2.42. The number of rotatable bonds is 3. The first-order chi connectivity index (χ1) is 6.50. The van der Waals surface area contributed by atoms with Crippen molar-refractivity contribution >= 4 is 11.8 Å². The largest absolute Gasteiger partial charge is 0.480 e. The third-order valence-electron chi connectivity index (χ3n) is 1.80. The lowest BCUT2D eigenvalue weighted by molar-refractivity contribution is -0.137. The number of hydrogen-bond acceptors (Lipinski definition) is 4. The maximum atomic E-state index is 10.6. The Balaban J connectivity index is 2.85. The molecule has 76 valence electrons. The van der Waals surface area contributed by atoms with Gasteiger partial charge in [0, 0.05) is 6.20 Å². The number of hydrogen-bond donors (Lipinski definition) is 2. The number of aryl methyl sites for hydroxylation is 2. The highest BCUT2D eigenvalue weighted by Crippen LogP contribution is 2.09. The standard InChI is InChI=1S/C9H13N3O2/c1-5-4-10-6(2)8(11-5)12-7(3)9(13)14/h4,7H,1-3H3,(H,11,12)(H,13,14). The van der Waals surface area contributed by atoms with Crippen molar-refractivity contribution in [3.63, 3.8) is 0 Å². The summed E-state index contributed by atoms with van der Waals surface area (Å²) in [6.45, 7) is 5.15. The Bertz CT molecular complexity index is 352. The van der Waals surface area contributed by atoms with Crippen LogP contribution in [0.3, 0.4) is 0 Å². The van der Waals surface area contributed by atoms with Crippen LogP contribution in [0.15, 0.2) is 6.20 Å². The Morgan fingerprint density at radius 2 is 2.21 bits per heavy atom. The molecule has 1 atom stereocenters. The van der Waals surface area contributed by atoms with E-state index in [-0.39, 0.29) is 0 Å². The molecule has 0 fully saturated rings. The minimum Gasteiger partial charge on any atom is -0.480 e. The van der Waals surface area contributed by atoms with Crippen LogP contribution in [0.1, 0.15) is 18.3 Å². The molecule has 2 N–H and O–H groups in total. The van der Waals surface area contributed by atoms with Crippen LogP contribution in [0.4, 0.5) is 5.82 Å². The second-order valence-electron chi connectivity index (χ2n) is 3.15. The summed E-state index contributed by atoms with van der Waals surface area (Å²) in [6.07, 6.45) is 1.64. The van der Waals surface area contributed by atoms with Gasteiger partial charge in [-0.1, -0.05) is 0 Å². The average molecular weight is 195 g/mol. The van der Waals surface area contributed by atoms with Crippen LogP contribution in [0.5, 0.6) is 0 Å². The SMILES string of the molecule is Cc1cnc(C)c(NC(C)C(=O)O)n1. The molecule has 0 aliphatic rings. The van der Waals surface area contributed by atoms with E-state index >= 15 is 0 Å². The summed E-state index contributed by atoms with van der Waals surface area (Å²) in [7, 11) is 0. The number of nitrogens with zero attached hydrogens (tertiary/aromatic N) is 2. The molecule has 0 aliphatic heterocycles. The second kappa shape index (κ2) is 4.04. The van der Waals surface area contributed by atoms with Gasteiger partial charge in [0.05, 0.1) is 11.4 Å². The van der Waals surface area contributed by atoms with Gasteiger partial charge in [0.2, 0.25) is 0 Å². The molecule has 14 heavy (non-hydrogen) atoms. The van der Waals surface area contributed by atoms with E-state index in [9.17, 15) is 4.79 Å². The fourth-order valence-corrected chi connectivity index (χ4v) is 0.941. The number of anilines is 1. The molecule has 1 aromatic rings. The molecule has 0 aromatic carbocycles. The van der Waals surface area contributed by atoms with Gasteiger partial charge in [-0.2, -0.15) is 0 Å². The topological polar surface area (TPSA) is 75.1 Å². The zero-order chi connectivity index (χ0) is 10.7. The summed E-state index contributed by atoms with van der Waals surface area (Å²) in [5.74, 6) is -0.382. The van der Waals surface area contributed by atoms with Crippen LogP contribution in [-0.2, 0) is 4.79 Å². The van der Waals surface area contributed by atoms with Crippen LogP contribution in [0.25, 0.3) is 0 Å². The van der Waals surface area contributed by atoms with E-state index in [1.165, 1.54) is 0 Å². The van der Waals surface area contributed by atoms with Gasteiger partial charge in [-0.3, -0.25) is 9.78 Å². The van der Waals surface area contributed by atoms with Crippen molar-refractivity contribution in [2.24, 2.45) is 0 Å². The summed E-state index contributed by atoms with van der Waals surface area (Å²) in [6, 6.07) is -0.662. The summed E-state index contributed by atoms with van der Waals surface area (Å²) in [4.78, 5) is 18.8. The molecule has 1 aromatic heterocycles. The van der Waals surface area contributed by atoms with Gasteiger partial charge < -0.3 is 10.4 Å². The van der Waals surface area contributed by atoms with E-state index in [0.717, 1.165) is 5.69 Å². The van der Waals surface area contributed by atoms with Crippen molar-refractivity contribution in [3.8, 4) is 0 Å². The highest BCUT2D eigenvalue weighted by atomic mass is 16.4. The van der Waals surface area contributed by atoms with Crippen LogP contribution < -0.4 is 5.32 Å². The monoisotopic (exact) mass is 195 g/mol. The number of carboxylic acid groups (broad SMARTS) is 1. The first-order valence-corrected chi connectivity index (χ1v) is 4.30. The predicted octanol–water partition coefficient (Wildman–Crippen LogP) is 0.978. The predicted molar refractivity (Wildman–Crippen MR) is 52.2 cm³/mol. The summed E-state index contributed by atoms with van der Waals surface area (Å²) < 4.78 is 0. The van der Waals surface area contributed by atoms with Crippen molar-refractivity contribution in [2.45, 2.75) is 26.8 Å². The number of aliphatic carboxylic acids is 1. The van der Waals surface area contributed by atoms with Gasteiger partial charge in [-0.25, -0.2) is 4.98 Å². The van der Waals surface area contributed by atoms with E-state index < -0.39 is 12.0 Å². The van der Waals surface area contributed by atoms with Crippen LogP contribution >= 0.6 is 0 Å². The van der Waals surface area contributed by atoms with E-state index in [2.05, 4.69) is 15.3 Å². The molecule has 0 saturated heterocycles. The van der Waals surface area contributed by atoms with E-state index in [1.54, 1.807) is 20.0 Å². The first kappa shape index (κ1) is 10.4. The maximum Gasteiger partial charge on any atom is 0.325 e. The summed E-state index contributed by atoms with van der Waals surface area (Å²) in [5, 5.41) is 11.5. The number of carboxylic acids is 1. The molecule has 0 spiro atoms. The molecule has 5 nitrogen and oxygen atoms in total. The smallest absolute Gasteiger partial charge is 0.325 e. The van der Waals surface area contributed by atoms with Crippen molar-refractivity contribution in [3.05, 3.63) is 17.6 Å². The molecule has 0 aliphatic carbocycles. The quantitative estimate of drug-likeness (QED) is 0.751. The summed E-state index contributed by atoms with van der Waals surface area (Å²) in [5.41, 5.74) is 1.46. The van der Waals surface area contributed by atoms with Gasteiger partial charge in [0.1, 0.15) is 11.9 Å². The Kier molecular flexibility index (Phi) is 3.01. The van der Waals surface area contributed by atoms with Gasteiger partial charge in [0.15, 0.2) is 0 Å². The molecule has 1 rings (SSSR count). The molecule has 5 heteroatoms. The molecule has 0 bridgehead atoms. The lowest BCUT2D eigenvalue weighted by Crippen LogP contribution is -2.26. The third-order valence-corrected chi connectivity index (χ3v) is 1.80. The van der Waals surface area contributed by atoms with Crippen LogP contribution in [-0.4, -0.2) is 27.1 Å². The molecule has 1 heterocycles. The number of carbonyl (C=O) groups is 1. The van der Waals surface area contributed by atoms with Crippen molar-refractivity contribution in [1.82, 2.24) is 9.97 Å². The normalized spacial score (nSPS) is 12.2. The fraction of sp³-hybridized carbons (Fsp3) is 0.444. The van der Waals surface area contributed by atoms with Crippen molar-refractivity contribution < 1.29 is 9.90 Å². The molecular weight excluding hydrogens is 182 g/mol. The van der Waals surface area contributed by atoms with Crippen LogP contribution in [0, 0.1) is 13.8 Å². The molecule has 0 saturated carbocycles. The Morgan fingerprint density at radius 3 is 2.79 bits per heavy atom. The Labute approximate surface area is 82.2 Å².